The Kier molecular flexibility index (Phi) is 2.17. The van der Waals surface area contributed by atoms with Crippen LogP contribution in [0, 0.1) is 0 Å². The van der Waals surface area contributed by atoms with Crippen molar-refractivity contribution in [2.75, 3.05) is 0 Å². The van der Waals surface area contributed by atoms with Gasteiger partial charge in [0.25, 0.3) is 0 Å². The van der Waals surface area contributed by atoms with E-state index in [9.17, 15) is 4.79 Å². The van der Waals surface area contributed by atoms with Crippen LogP contribution in [0.2, 0.25) is 4.71 Å². The molecule has 2 nitrogen and oxygen atoms in total. The molecular weight excluding hydrogens is 225 g/mol. The van der Waals surface area contributed by atoms with E-state index in [-0.39, 0.29) is 11.8 Å². The first-order valence-corrected chi connectivity index (χ1v) is 5.33. The predicted molar refractivity (Wildman–Crippen MR) is 51.6 cm³/mol. The van der Waals surface area contributed by atoms with Crippen LogP contribution < -0.4 is 5.73 Å². The predicted octanol–water partition coefficient (Wildman–Crippen LogP) is 0.769. The van der Waals surface area contributed by atoms with Crippen molar-refractivity contribution in [1.29, 1.82) is 0 Å². The van der Waals surface area contributed by atoms with Crippen LogP contribution in [0.25, 0.3) is 0 Å². The van der Waals surface area contributed by atoms with Crippen LogP contribution in [-0.4, -0.2) is 22.8 Å². The second-order valence-electron chi connectivity index (χ2n) is 3.35. The molecule has 0 saturated heterocycles. The minimum atomic E-state index is -0.212. The maximum absolute atomic E-state index is 11.2. The van der Waals surface area contributed by atoms with Gasteiger partial charge in [-0.15, -0.1) is 0 Å². The third-order valence-electron chi connectivity index (χ3n) is 2.51. The zero-order valence-electron chi connectivity index (χ0n) is 7.10. The van der Waals surface area contributed by atoms with E-state index in [2.05, 4.69) is 22.9 Å². The Balaban J connectivity index is 2.46. The molecule has 0 saturated carbocycles. The molecule has 1 aromatic carbocycles. The summed E-state index contributed by atoms with van der Waals surface area (Å²) in [6, 6.07) is 8.03. The summed E-state index contributed by atoms with van der Waals surface area (Å²) in [7, 11) is 0. The van der Waals surface area contributed by atoms with Gasteiger partial charge in [-0.1, -0.05) is 0 Å². The summed E-state index contributed by atoms with van der Waals surface area (Å²) in [5.41, 5.74) is 7.73. The van der Waals surface area contributed by atoms with Crippen LogP contribution in [0.1, 0.15) is 17.0 Å². The van der Waals surface area contributed by atoms with E-state index in [1.54, 1.807) is 0 Å². The number of nitrogens with two attached hydrogens (primary N) is 1. The molecule has 0 aliphatic heterocycles. The molecule has 2 atom stereocenters. The number of amides is 1. The molecule has 1 aromatic rings. The summed E-state index contributed by atoms with van der Waals surface area (Å²) < 4.78 is 0.294. The number of hydrogen-bond acceptors (Lipinski definition) is 1. The number of fused-ring (bicyclic) bond motifs is 1. The summed E-state index contributed by atoms with van der Waals surface area (Å²) in [5, 5.41) is 0. The first-order valence-electron chi connectivity index (χ1n) is 4.25. The van der Waals surface area contributed by atoms with E-state index in [0.717, 1.165) is 12.0 Å². The van der Waals surface area contributed by atoms with Crippen molar-refractivity contribution >= 4 is 22.8 Å². The molecule has 2 radical (unpaired) electrons. The van der Waals surface area contributed by atoms with Gasteiger partial charge in [0.15, 0.2) is 0 Å². The number of hydrogen-bond donors (Lipinski definition) is 1. The van der Waals surface area contributed by atoms with E-state index in [1.165, 1.54) is 5.56 Å². The van der Waals surface area contributed by atoms with Crippen molar-refractivity contribution in [1.82, 2.24) is 0 Å². The summed E-state index contributed by atoms with van der Waals surface area (Å²) >= 11 is 2.55. The van der Waals surface area contributed by atoms with Crippen LogP contribution >= 0.6 is 0 Å². The van der Waals surface area contributed by atoms with Crippen LogP contribution in [0.15, 0.2) is 24.3 Å². The molecule has 2 unspecified atom stereocenters. The third kappa shape index (κ3) is 1.40. The standard InChI is InChI=1S/C10H10AsNO/c11-8-5-6-3-1-2-4-7(6)9(8)10(12)13/h1-4,8-9H,5H2,(H2,12,13). The Bertz CT molecular complexity index is 351. The molecule has 0 bridgehead atoms. The van der Waals surface area contributed by atoms with Crippen LogP contribution in [0.4, 0.5) is 0 Å². The fourth-order valence-corrected chi connectivity index (χ4v) is 2.97. The number of primary amides is 1. The Morgan fingerprint density at radius 2 is 2.15 bits per heavy atom. The molecule has 66 valence electrons. The molecule has 1 amide bonds. The van der Waals surface area contributed by atoms with Gasteiger partial charge in [0.2, 0.25) is 0 Å². The normalized spacial score (nSPS) is 25.6. The Morgan fingerprint density at radius 1 is 1.46 bits per heavy atom. The molecule has 2 rings (SSSR count). The monoisotopic (exact) mass is 235 g/mol. The Morgan fingerprint density at radius 3 is 2.85 bits per heavy atom. The quantitative estimate of drug-likeness (QED) is 0.718. The van der Waals surface area contributed by atoms with Crippen LogP contribution in [0.5, 0.6) is 0 Å². The van der Waals surface area contributed by atoms with Gasteiger partial charge in [0.1, 0.15) is 0 Å². The van der Waals surface area contributed by atoms with Crippen LogP contribution in [0.3, 0.4) is 0 Å². The molecule has 1 aliphatic rings. The van der Waals surface area contributed by atoms with Gasteiger partial charge in [0, 0.05) is 0 Å². The molecule has 0 fully saturated rings. The van der Waals surface area contributed by atoms with E-state index in [4.69, 9.17) is 5.73 Å². The van der Waals surface area contributed by atoms with E-state index in [0.29, 0.717) is 4.71 Å². The van der Waals surface area contributed by atoms with Gasteiger partial charge in [-0.2, -0.15) is 0 Å². The van der Waals surface area contributed by atoms with Crippen molar-refractivity contribution in [2.24, 2.45) is 5.73 Å². The van der Waals surface area contributed by atoms with Crippen molar-refractivity contribution in [2.45, 2.75) is 17.0 Å². The van der Waals surface area contributed by atoms with E-state index in [1.807, 2.05) is 18.2 Å². The number of carbonyl (C=O) groups is 1. The van der Waals surface area contributed by atoms with Gasteiger partial charge in [-0.3, -0.25) is 0 Å². The fraction of sp³-hybridized carbons (Fsp3) is 0.300. The van der Waals surface area contributed by atoms with Gasteiger partial charge in [0.05, 0.1) is 0 Å². The van der Waals surface area contributed by atoms with Gasteiger partial charge >= 0.3 is 85.7 Å². The van der Waals surface area contributed by atoms with E-state index < -0.39 is 0 Å². The molecule has 0 aromatic heterocycles. The number of carbonyl (C=O) groups excluding carboxylic acids is 1. The summed E-state index contributed by atoms with van der Waals surface area (Å²) in [4.78, 5) is 11.2. The van der Waals surface area contributed by atoms with Gasteiger partial charge in [-0.25, -0.2) is 0 Å². The minimum absolute atomic E-state index is 0.101. The topological polar surface area (TPSA) is 43.1 Å². The Hall–Kier alpha value is -0.752. The zero-order valence-corrected chi connectivity index (χ0v) is 8.98. The van der Waals surface area contributed by atoms with E-state index >= 15 is 0 Å². The maximum atomic E-state index is 11.2. The number of benzene rings is 1. The molecular formula is C10H10AsNO. The van der Waals surface area contributed by atoms with Gasteiger partial charge < -0.3 is 0 Å². The van der Waals surface area contributed by atoms with Crippen LogP contribution in [-0.2, 0) is 11.2 Å². The average Bonchev–Trinajstić information content (AvgIpc) is 2.39. The second-order valence-corrected chi connectivity index (χ2v) is 4.74. The number of rotatable bonds is 1. The molecule has 0 heterocycles. The average molecular weight is 235 g/mol. The van der Waals surface area contributed by atoms with Crippen molar-refractivity contribution in [3.63, 3.8) is 0 Å². The molecule has 2 N–H and O–H groups in total. The van der Waals surface area contributed by atoms with Gasteiger partial charge in [-0.05, 0) is 0 Å². The summed E-state index contributed by atoms with van der Waals surface area (Å²) in [6.45, 7) is 0. The Labute approximate surface area is 86.0 Å². The third-order valence-corrected chi connectivity index (χ3v) is 3.52. The molecule has 13 heavy (non-hydrogen) atoms. The van der Waals surface area contributed by atoms with Crippen molar-refractivity contribution in [3.8, 4) is 0 Å². The first kappa shape index (κ1) is 8.83. The molecule has 0 spiro atoms. The molecule has 1 aliphatic carbocycles. The fourth-order valence-electron chi connectivity index (χ4n) is 1.92. The van der Waals surface area contributed by atoms with Crippen molar-refractivity contribution < 1.29 is 4.79 Å². The van der Waals surface area contributed by atoms with Crippen molar-refractivity contribution in [3.05, 3.63) is 35.4 Å². The molecule has 3 heteroatoms. The zero-order chi connectivity index (χ0) is 9.42. The SMILES string of the molecule is NC(=O)C1c2ccccc2CC1[As]. The summed E-state index contributed by atoms with van der Waals surface area (Å²) in [5.74, 6) is -0.313. The first-order chi connectivity index (χ1) is 6.20. The second kappa shape index (κ2) is 3.19. The summed E-state index contributed by atoms with van der Waals surface area (Å²) in [6.07, 6.45) is 0.948.